The van der Waals surface area contributed by atoms with Crippen LogP contribution in [0.25, 0.3) is 0 Å². The fourth-order valence-corrected chi connectivity index (χ4v) is 2.49. The van der Waals surface area contributed by atoms with Crippen LogP contribution in [0.2, 0.25) is 0 Å². The second-order valence-electron chi connectivity index (χ2n) is 4.99. The quantitative estimate of drug-likeness (QED) is 0.675. The van der Waals surface area contributed by atoms with Crippen molar-refractivity contribution in [1.29, 1.82) is 0 Å². The molecule has 2 aliphatic rings. The molecule has 0 aromatic heterocycles. The Bertz CT molecular complexity index is 545. The molecule has 1 aromatic carbocycles. The number of hydrogen-bond acceptors (Lipinski definition) is 4. The Morgan fingerprint density at radius 2 is 2.28 bits per heavy atom. The van der Waals surface area contributed by atoms with E-state index in [1.807, 2.05) is 18.3 Å². The third-order valence-electron chi connectivity index (χ3n) is 3.80. The van der Waals surface area contributed by atoms with Gasteiger partial charge < -0.3 is 16.0 Å². The lowest BCUT2D eigenvalue weighted by molar-refractivity contribution is 0.382. The van der Waals surface area contributed by atoms with E-state index in [0.29, 0.717) is 6.04 Å². The molecule has 4 nitrogen and oxygen atoms in total. The molecule has 1 fully saturated rings. The van der Waals surface area contributed by atoms with Gasteiger partial charge in [-0.05, 0) is 24.1 Å². The molecule has 0 aliphatic carbocycles. The predicted molar refractivity (Wildman–Crippen MR) is 74.4 cm³/mol. The molecule has 4 heteroatoms. The van der Waals surface area contributed by atoms with Gasteiger partial charge in [0.25, 0.3) is 0 Å². The van der Waals surface area contributed by atoms with Crippen molar-refractivity contribution in [2.24, 2.45) is 4.99 Å². The first kappa shape index (κ1) is 11.1. The van der Waals surface area contributed by atoms with E-state index in [0.717, 1.165) is 35.7 Å². The second-order valence-corrected chi connectivity index (χ2v) is 4.99. The summed E-state index contributed by atoms with van der Waals surface area (Å²) in [6.45, 7) is 3.18. The van der Waals surface area contributed by atoms with E-state index in [1.165, 1.54) is 5.56 Å². The molecule has 18 heavy (non-hydrogen) atoms. The molecule has 3 N–H and O–H groups in total. The van der Waals surface area contributed by atoms with Crippen molar-refractivity contribution in [3.05, 3.63) is 40.8 Å². The van der Waals surface area contributed by atoms with Crippen LogP contribution >= 0.6 is 0 Å². The summed E-state index contributed by atoms with van der Waals surface area (Å²) in [5.41, 5.74) is 10.3. The maximum absolute atomic E-state index is 6.05. The smallest absolute Gasteiger partial charge is 0.124 e. The standard InChI is InChI=1S/C14H18N4/c1-9-7-17-14(18(9)2)13-6-11-10(8-16-13)4-3-5-12(11)15/h3-5,8-9,17H,6-7,15H2,1-2H3. The van der Waals surface area contributed by atoms with Gasteiger partial charge in [-0.3, -0.25) is 4.99 Å². The third-order valence-corrected chi connectivity index (χ3v) is 3.80. The molecule has 0 radical (unpaired) electrons. The Morgan fingerprint density at radius 1 is 1.44 bits per heavy atom. The summed E-state index contributed by atoms with van der Waals surface area (Å²) >= 11 is 0. The van der Waals surface area contributed by atoms with E-state index in [1.54, 1.807) is 0 Å². The minimum absolute atomic E-state index is 0.511. The first-order chi connectivity index (χ1) is 8.66. The number of aliphatic imine (C=N–C) groups is 1. The van der Waals surface area contributed by atoms with Crippen molar-refractivity contribution in [3.63, 3.8) is 0 Å². The van der Waals surface area contributed by atoms with Crippen LogP contribution in [0.4, 0.5) is 5.69 Å². The monoisotopic (exact) mass is 242 g/mol. The molecule has 0 amide bonds. The number of allylic oxidation sites excluding steroid dienone is 1. The van der Waals surface area contributed by atoms with Crippen molar-refractivity contribution < 1.29 is 0 Å². The molecule has 0 spiro atoms. The molecular weight excluding hydrogens is 224 g/mol. The largest absolute Gasteiger partial charge is 0.398 e. The van der Waals surface area contributed by atoms with Crippen LogP contribution in [0, 0.1) is 0 Å². The van der Waals surface area contributed by atoms with Crippen LogP contribution in [0.15, 0.2) is 34.7 Å². The van der Waals surface area contributed by atoms with E-state index in [2.05, 4.69) is 35.2 Å². The topological polar surface area (TPSA) is 53.6 Å². The van der Waals surface area contributed by atoms with E-state index in [4.69, 9.17) is 5.73 Å². The molecule has 0 saturated carbocycles. The van der Waals surface area contributed by atoms with Crippen LogP contribution in [0.3, 0.4) is 0 Å². The molecule has 1 atom stereocenters. The van der Waals surface area contributed by atoms with E-state index >= 15 is 0 Å². The van der Waals surface area contributed by atoms with Crippen molar-refractivity contribution >= 4 is 11.9 Å². The van der Waals surface area contributed by atoms with Crippen LogP contribution in [0.1, 0.15) is 18.1 Å². The summed E-state index contributed by atoms with van der Waals surface area (Å²) in [5.74, 6) is 1.13. The van der Waals surface area contributed by atoms with Crippen molar-refractivity contribution in [3.8, 4) is 0 Å². The highest BCUT2D eigenvalue weighted by molar-refractivity contribution is 5.86. The third kappa shape index (κ3) is 1.65. The number of hydrogen-bond donors (Lipinski definition) is 2. The molecule has 3 rings (SSSR count). The number of likely N-dealkylation sites (N-methyl/N-ethyl adjacent to an activating group) is 1. The lowest BCUT2D eigenvalue weighted by Gasteiger charge is -2.21. The number of benzene rings is 1. The minimum atomic E-state index is 0.511. The fourth-order valence-electron chi connectivity index (χ4n) is 2.49. The second kappa shape index (κ2) is 4.05. The van der Waals surface area contributed by atoms with Gasteiger partial charge >= 0.3 is 0 Å². The average molecular weight is 242 g/mol. The Balaban J connectivity index is 2.01. The lowest BCUT2D eigenvalue weighted by atomic mass is 9.99. The normalized spacial score (nSPS) is 26.1. The first-order valence-electron chi connectivity index (χ1n) is 6.28. The molecular formula is C14H18N4. The zero-order valence-corrected chi connectivity index (χ0v) is 10.8. The Hall–Kier alpha value is -1.97. The number of anilines is 1. The average Bonchev–Trinajstić information content (AvgIpc) is 2.70. The van der Waals surface area contributed by atoms with Gasteiger partial charge in [0.2, 0.25) is 0 Å². The van der Waals surface area contributed by atoms with Gasteiger partial charge in [-0.25, -0.2) is 0 Å². The van der Waals surface area contributed by atoms with Crippen LogP contribution in [-0.2, 0) is 6.42 Å². The van der Waals surface area contributed by atoms with E-state index in [-0.39, 0.29) is 0 Å². The maximum atomic E-state index is 6.05. The number of fused-ring (bicyclic) bond motifs is 1. The summed E-state index contributed by atoms with van der Waals surface area (Å²) in [4.78, 5) is 6.82. The molecule has 94 valence electrons. The summed E-state index contributed by atoms with van der Waals surface area (Å²) in [6.07, 6.45) is 2.72. The number of rotatable bonds is 0. The molecule has 0 bridgehead atoms. The van der Waals surface area contributed by atoms with Gasteiger partial charge in [-0.1, -0.05) is 12.1 Å². The number of nitrogens with two attached hydrogens (primary N) is 1. The Kier molecular flexibility index (Phi) is 2.51. The van der Waals surface area contributed by atoms with Crippen molar-refractivity contribution in [2.75, 3.05) is 19.3 Å². The number of nitrogens with one attached hydrogen (secondary N) is 1. The van der Waals surface area contributed by atoms with Gasteiger partial charge in [0.15, 0.2) is 0 Å². The predicted octanol–water partition coefficient (Wildman–Crippen LogP) is 1.34. The van der Waals surface area contributed by atoms with Crippen LogP contribution in [0.5, 0.6) is 0 Å². The van der Waals surface area contributed by atoms with Gasteiger partial charge in [-0.15, -0.1) is 0 Å². The van der Waals surface area contributed by atoms with Gasteiger partial charge in [0, 0.05) is 38.0 Å². The highest BCUT2D eigenvalue weighted by Crippen LogP contribution is 2.27. The molecule has 1 saturated heterocycles. The number of nitrogens with zero attached hydrogens (tertiary/aromatic N) is 2. The zero-order valence-electron chi connectivity index (χ0n) is 10.8. The lowest BCUT2D eigenvalue weighted by Crippen LogP contribution is -2.23. The van der Waals surface area contributed by atoms with Crippen molar-refractivity contribution in [1.82, 2.24) is 10.2 Å². The SMILES string of the molecule is CC1CNC(=C2Cc3c(N)cccc3C=N2)N1C. The van der Waals surface area contributed by atoms with Gasteiger partial charge in [-0.2, -0.15) is 0 Å². The maximum Gasteiger partial charge on any atom is 0.124 e. The van der Waals surface area contributed by atoms with Gasteiger partial charge in [0.1, 0.15) is 5.82 Å². The van der Waals surface area contributed by atoms with Crippen LogP contribution < -0.4 is 11.1 Å². The van der Waals surface area contributed by atoms with E-state index < -0.39 is 0 Å². The fraction of sp³-hybridized carbons (Fsp3) is 0.357. The van der Waals surface area contributed by atoms with Crippen LogP contribution in [-0.4, -0.2) is 30.7 Å². The molecule has 2 aliphatic heterocycles. The Morgan fingerprint density at radius 3 is 3.00 bits per heavy atom. The Labute approximate surface area is 107 Å². The highest BCUT2D eigenvalue weighted by atomic mass is 15.3. The summed E-state index contributed by atoms with van der Waals surface area (Å²) in [7, 11) is 2.10. The highest BCUT2D eigenvalue weighted by Gasteiger charge is 2.25. The van der Waals surface area contributed by atoms with Gasteiger partial charge in [0.05, 0.1) is 5.70 Å². The zero-order chi connectivity index (χ0) is 12.7. The summed E-state index contributed by atoms with van der Waals surface area (Å²) < 4.78 is 0. The van der Waals surface area contributed by atoms with E-state index in [9.17, 15) is 0 Å². The minimum Gasteiger partial charge on any atom is -0.398 e. The summed E-state index contributed by atoms with van der Waals surface area (Å²) in [5, 5.41) is 3.43. The first-order valence-corrected chi connectivity index (χ1v) is 6.28. The van der Waals surface area contributed by atoms with Crippen molar-refractivity contribution in [2.45, 2.75) is 19.4 Å². The number of nitrogen functional groups attached to an aromatic ring is 1. The molecule has 2 heterocycles. The molecule has 1 aromatic rings. The molecule has 1 unspecified atom stereocenters. The summed E-state index contributed by atoms with van der Waals surface area (Å²) in [6, 6.07) is 6.50.